The first-order chi connectivity index (χ1) is 14.1. The number of hydrogen-bond acceptors (Lipinski definition) is 4. The summed E-state index contributed by atoms with van der Waals surface area (Å²) < 4.78 is 10.8. The lowest BCUT2D eigenvalue weighted by atomic mass is 9.96. The van der Waals surface area contributed by atoms with Crippen LogP contribution in [0.1, 0.15) is 42.5 Å². The molecule has 0 heterocycles. The summed E-state index contributed by atoms with van der Waals surface area (Å²) in [6.07, 6.45) is 5.49. The highest BCUT2D eigenvalue weighted by Gasteiger charge is 2.19. The van der Waals surface area contributed by atoms with Crippen LogP contribution >= 0.6 is 0 Å². The Morgan fingerprint density at radius 1 is 0.862 bits per heavy atom. The Hall–Kier alpha value is -3.22. The number of anilines is 2. The molecule has 0 saturated heterocycles. The van der Waals surface area contributed by atoms with E-state index in [-0.39, 0.29) is 18.0 Å². The van der Waals surface area contributed by atoms with E-state index in [1.54, 1.807) is 36.4 Å². The molecule has 154 valence electrons. The zero-order valence-corrected chi connectivity index (χ0v) is 16.8. The number of benzene rings is 2. The van der Waals surface area contributed by atoms with E-state index in [4.69, 9.17) is 9.47 Å². The fourth-order valence-electron chi connectivity index (χ4n) is 3.47. The molecule has 2 aromatic rings. The summed E-state index contributed by atoms with van der Waals surface area (Å²) in [5.41, 5.74) is 1.45. The summed E-state index contributed by atoms with van der Waals surface area (Å²) in [5.74, 6) is 0.581. The van der Waals surface area contributed by atoms with Gasteiger partial charge < -0.3 is 25.4 Å². The molecule has 1 aliphatic rings. The monoisotopic (exact) mass is 397 g/mol. The van der Waals surface area contributed by atoms with Gasteiger partial charge >= 0.3 is 6.03 Å². The number of nitrogens with one attached hydrogen (secondary N) is 3. The molecule has 0 atom stereocenters. The molecule has 29 heavy (non-hydrogen) atoms. The minimum atomic E-state index is -0.279. The van der Waals surface area contributed by atoms with Gasteiger partial charge in [-0.1, -0.05) is 37.5 Å². The maximum atomic E-state index is 12.5. The number of rotatable bonds is 6. The quantitative estimate of drug-likeness (QED) is 0.674. The van der Waals surface area contributed by atoms with Crippen molar-refractivity contribution in [2.75, 3.05) is 24.9 Å². The van der Waals surface area contributed by atoms with Crippen LogP contribution in [0.25, 0.3) is 0 Å². The lowest BCUT2D eigenvalue weighted by Gasteiger charge is -2.23. The molecule has 1 fully saturated rings. The molecule has 7 heteroatoms. The predicted molar refractivity (Wildman–Crippen MR) is 113 cm³/mol. The topological polar surface area (TPSA) is 88.7 Å². The Kier molecular flexibility index (Phi) is 6.94. The average Bonchev–Trinajstić information content (AvgIpc) is 2.75. The summed E-state index contributed by atoms with van der Waals surface area (Å²) in [6.45, 7) is 0. The average molecular weight is 397 g/mol. The number of hydrogen-bond donors (Lipinski definition) is 3. The third-order valence-electron chi connectivity index (χ3n) is 4.99. The second-order valence-corrected chi connectivity index (χ2v) is 7.01. The van der Waals surface area contributed by atoms with Crippen LogP contribution in [0.3, 0.4) is 0 Å². The van der Waals surface area contributed by atoms with Crippen LogP contribution < -0.4 is 25.4 Å². The van der Waals surface area contributed by atoms with Crippen molar-refractivity contribution >= 4 is 23.3 Å². The van der Waals surface area contributed by atoms with Gasteiger partial charge in [-0.2, -0.15) is 0 Å². The molecular weight excluding hydrogens is 370 g/mol. The van der Waals surface area contributed by atoms with Crippen LogP contribution in [0.15, 0.2) is 42.5 Å². The molecule has 3 N–H and O–H groups in total. The fourth-order valence-corrected chi connectivity index (χ4v) is 3.47. The van der Waals surface area contributed by atoms with E-state index in [0.717, 1.165) is 25.7 Å². The van der Waals surface area contributed by atoms with Crippen molar-refractivity contribution in [2.24, 2.45) is 0 Å². The SMILES string of the molecule is COc1cc(NC(=O)c2ccccc2)c(OC)cc1NC(=O)NC1CCCCC1. The summed E-state index contributed by atoms with van der Waals surface area (Å²) in [6, 6.07) is 12.1. The highest BCUT2D eigenvalue weighted by atomic mass is 16.5. The Labute approximate surface area is 170 Å². The van der Waals surface area contributed by atoms with Gasteiger partial charge in [-0.3, -0.25) is 4.79 Å². The van der Waals surface area contributed by atoms with Crippen LogP contribution in [0, 0.1) is 0 Å². The van der Waals surface area contributed by atoms with Crippen LogP contribution in [0.2, 0.25) is 0 Å². The van der Waals surface area contributed by atoms with Crippen LogP contribution in [-0.4, -0.2) is 32.2 Å². The number of amides is 3. The van der Waals surface area contributed by atoms with Gasteiger partial charge in [-0.25, -0.2) is 4.79 Å². The fraction of sp³-hybridized carbons (Fsp3) is 0.364. The van der Waals surface area contributed by atoms with E-state index in [1.807, 2.05) is 6.07 Å². The van der Waals surface area contributed by atoms with Crippen LogP contribution in [0.5, 0.6) is 11.5 Å². The molecule has 0 aliphatic heterocycles. The molecule has 1 saturated carbocycles. The van der Waals surface area contributed by atoms with Gasteiger partial charge in [-0.15, -0.1) is 0 Å². The number of carbonyl (C=O) groups excluding carboxylic acids is 2. The van der Waals surface area contributed by atoms with Crippen LogP contribution in [0.4, 0.5) is 16.2 Å². The second-order valence-electron chi connectivity index (χ2n) is 7.01. The molecule has 0 radical (unpaired) electrons. The van der Waals surface area contributed by atoms with Gasteiger partial charge in [0.05, 0.1) is 25.6 Å². The summed E-state index contributed by atoms with van der Waals surface area (Å²) >= 11 is 0. The first kappa shape index (κ1) is 20.5. The Morgan fingerprint density at radius 3 is 2.03 bits per heavy atom. The lowest BCUT2D eigenvalue weighted by molar-refractivity contribution is 0.102. The lowest BCUT2D eigenvalue weighted by Crippen LogP contribution is -2.39. The molecular formula is C22H27N3O4. The van der Waals surface area contributed by atoms with Crippen molar-refractivity contribution in [3.05, 3.63) is 48.0 Å². The largest absolute Gasteiger partial charge is 0.494 e. The highest BCUT2D eigenvalue weighted by Crippen LogP contribution is 2.36. The smallest absolute Gasteiger partial charge is 0.319 e. The van der Waals surface area contributed by atoms with Gasteiger partial charge in [0.15, 0.2) is 0 Å². The molecule has 3 amide bonds. The third-order valence-corrected chi connectivity index (χ3v) is 4.99. The summed E-state index contributed by atoms with van der Waals surface area (Å²) in [4.78, 5) is 24.9. The van der Waals surface area contributed by atoms with Gasteiger partial charge in [0, 0.05) is 23.7 Å². The standard InChI is InChI=1S/C22H27N3O4/c1-28-19-14-18(25-22(27)23-16-11-7-4-8-12-16)20(29-2)13-17(19)24-21(26)15-9-5-3-6-10-15/h3,5-6,9-10,13-14,16H,4,7-8,11-12H2,1-2H3,(H,24,26)(H2,23,25,27). The minimum Gasteiger partial charge on any atom is -0.494 e. The molecule has 0 unspecified atom stereocenters. The Balaban J connectivity index is 1.75. The van der Waals surface area contributed by atoms with Crippen molar-refractivity contribution in [3.63, 3.8) is 0 Å². The van der Waals surface area contributed by atoms with Crippen molar-refractivity contribution in [1.82, 2.24) is 5.32 Å². The minimum absolute atomic E-state index is 0.195. The van der Waals surface area contributed by atoms with Crippen molar-refractivity contribution in [1.29, 1.82) is 0 Å². The molecule has 0 spiro atoms. The number of ether oxygens (including phenoxy) is 2. The van der Waals surface area contributed by atoms with Gasteiger partial charge in [0.1, 0.15) is 11.5 Å². The van der Waals surface area contributed by atoms with Crippen molar-refractivity contribution in [3.8, 4) is 11.5 Å². The summed E-state index contributed by atoms with van der Waals surface area (Å²) in [7, 11) is 3.01. The molecule has 0 aromatic heterocycles. The van der Waals surface area contributed by atoms with Gasteiger partial charge in [0.2, 0.25) is 0 Å². The normalized spacial score (nSPS) is 14.0. The molecule has 2 aromatic carbocycles. The maximum absolute atomic E-state index is 12.5. The zero-order valence-electron chi connectivity index (χ0n) is 16.8. The van der Waals surface area contributed by atoms with Crippen LogP contribution in [-0.2, 0) is 0 Å². The first-order valence-corrected chi connectivity index (χ1v) is 9.80. The zero-order chi connectivity index (χ0) is 20.6. The van der Waals surface area contributed by atoms with E-state index < -0.39 is 0 Å². The second kappa shape index (κ2) is 9.82. The molecule has 1 aliphatic carbocycles. The maximum Gasteiger partial charge on any atom is 0.319 e. The number of methoxy groups -OCH3 is 2. The molecule has 3 rings (SSSR count). The van der Waals surface area contributed by atoms with E-state index in [0.29, 0.717) is 28.4 Å². The van der Waals surface area contributed by atoms with E-state index >= 15 is 0 Å². The van der Waals surface area contributed by atoms with E-state index in [9.17, 15) is 9.59 Å². The number of urea groups is 1. The Bertz CT molecular complexity index is 849. The van der Waals surface area contributed by atoms with Crippen molar-refractivity contribution < 1.29 is 19.1 Å². The van der Waals surface area contributed by atoms with E-state index in [1.165, 1.54) is 20.6 Å². The first-order valence-electron chi connectivity index (χ1n) is 9.80. The van der Waals surface area contributed by atoms with Crippen molar-refractivity contribution in [2.45, 2.75) is 38.1 Å². The predicted octanol–water partition coefficient (Wildman–Crippen LogP) is 4.41. The molecule has 0 bridgehead atoms. The van der Waals surface area contributed by atoms with Gasteiger partial charge in [-0.05, 0) is 25.0 Å². The van der Waals surface area contributed by atoms with E-state index in [2.05, 4.69) is 16.0 Å². The van der Waals surface area contributed by atoms with Gasteiger partial charge in [0.25, 0.3) is 5.91 Å². The third kappa shape index (κ3) is 5.40. The molecule has 7 nitrogen and oxygen atoms in total. The Morgan fingerprint density at radius 2 is 1.45 bits per heavy atom. The summed E-state index contributed by atoms with van der Waals surface area (Å²) in [5, 5.41) is 8.66. The highest BCUT2D eigenvalue weighted by molar-refractivity contribution is 6.05. The number of carbonyl (C=O) groups is 2.